The van der Waals surface area contributed by atoms with Gasteiger partial charge in [-0.05, 0) is 55.9 Å². The Balaban J connectivity index is 1.64. The van der Waals surface area contributed by atoms with Crippen LogP contribution in [0.2, 0.25) is 0 Å². The molecule has 0 spiro atoms. The fourth-order valence-corrected chi connectivity index (χ4v) is 3.07. The molecule has 1 fully saturated rings. The number of hydrogen-bond donors (Lipinski definition) is 2. The van der Waals surface area contributed by atoms with Gasteiger partial charge < -0.3 is 20.5 Å². The Bertz CT molecular complexity index is 787. The number of anilines is 3. The Morgan fingerprint density at radius 3 is 2.57 bits per heavy atom. The molecule has 7 nitrogen and oxygen atoms in total. The second-order valence-electron chi connectivity index (χ2n) is 7.51. The summed E-state index contributed by atoms with van der Waals surface area (Å²) < 4.78 is 11.2. The highest BCUT2D eigenvalue weighted by Crippen LogP contribution is 2.30. The number of nitrogens with one attached hydrogen (secondary N) is 1. The molecule has 150 valence electrons. The van der Waals surface area contributed by atoms with Crippen molar-refractivity contribution in [2.45, 2.75) is 52.1 Å². The standard InChI is InChI=1S/C21H28N4O3/c1-14(2)12-27-21(26)15-8-10-16(11-9-15)25-19-18(22)20(24-13-23-19)28-17-6-4-3-5-7-17/h8-11,13-14,17H,3-7,12,22H2,1-2H3,(H,23,24,25). The number of esters is 1. The van der Waals surface area contributed by atoms with Crippen molar-refractivity contribution < 1.29 is 14.3 Å². The van der Waals surface area contributed by atoms with Crippen LogP contribution in [0.1, 0.15) is 56.3 Å². The zero-order valence-electron chi connectivity index (χ0n) is 16.5. The molecule has 1 aromatic carbocycles. The summed E-state index contributed by atoms with van der Waals surface area (Å²) in [7, 11) is 0. The van der Waals surface area contributed by atoms with Gasteiger partial charge in [-0.25, -0.2) is 9.78 Å². The van der Waals surface area contributed by atoms with E-state index < -0.39 is 0 Å². The van der Waals surface area contributed by atoms with E-state index in [4.69, 9.17) is 15.2 Å². The Labute approximate surface area is 165 Å². The number of nitrogens with two attached hydrogens (primary N) is 1. The molecule has 0 amide bonds. The lowest BCUT2D eigenvalue weighted by Crippen LogP contribution is -2.21. The third-order valence-corrected chi connectivity index (χ3v) is 4.61. The van der Waals surface area contributed by atoms with E-state index in [0.717, 1.165) is 18.5 Å². The lowest BCUT2D eigenvalue weighted by atomic mass is 9.98. The minimum atomic E-state index is -0.329. The number of nitrogen functional groups attached to an aromatic ring is 1. The van der Waals surface area contributed by atoms with Crippen molar-refractivity contribution in [2.75, 3.05) is 17.7 Å². The van der Waals surface area contributed by atoms with Crippen LogP contribution in [0, 0.1) is 5.92 Å². The molecule has 0 aliphatic heterocycles. The molecule has 3 N–H and O–H groups in total. The molecule has 1 saturated carbocycles. The van der Waals surface area contributed by atoms with E-state index in [9.17, 15) is 4.79 Å². The lowest BCUT2D eigenvalue weighted by Gasteiger charge is -2.23. The molecule has 1 heterocycles. The van der Waals surface area contributed by atoms with Gasteiger partial charge in [0.25, 0.3) is 0 Å². The zero-order valence-corrected chi connectivity index (χ0v) is 16.5. The van der Waals surface area contributed by atoms with Gasteiger partial charge in [0, 0.05) is 5.69 Å². The predicted octanol–water partition coefficient (Wildman–Crippen LogP) is 4.33. The van der Waals surface area contributed by atoms with Crippen molar-refractivity contribution in [1.29, 1.82) is 0 Å². The minimum absolute atomic E-state index is 0.162. The highest BCUT2D eigenvalue weighted by atomic mass is 16.5. The van der Waals surface area contributed by atoms with Gasteiger partial charge in [-0.1, -0.05) is 20.3 Å². The number of hydrogen-bond acceptors (Lipinski definition) is 7. The molecular formula is C21H28N4O3. The number of carbonyl (C=O) groups is 1. The van der Waals surface area contributed by atoms with Crippen molar-refractivity contribution in [2.24, 2.45) is 5.92 Å². The van der Waals surface area contributed by atoms with Crippen LogP contribution in [0.15, 0.2) is 30.6 Å². The summed E-state index contributed by atoms with van der Waals surface area (Å²) in [5.41, 5.74) is 7.85. The third kappa shape index (κ3) is 5.34. The Morgan fingerprint density at radius 1 is 1.18 bits per heavy atom. The maximum atomic E-state index is 12.0. The van der Waals surface area contributed by atoms with E-state index >= 15 is 0 Å². The van der Waals surface area contributed by atoms with Crippen molar-refractivity contribution in [1.82, 2.24) is 9.97 Å². The smallest absolute Gasteiger partial charge is 0.338 e. The summed E-state index contributed by atoms with van der Waals surface area (Å²) in [5.74, 6) is 0.870. The summed E-state index contributed by atoms with van der Waals surface area (Å²) >= 11 is 0. The summed E-state index contributed by atoms with van der Waals surface area (Å²) in [6.45, 7) is 4.40. The monoisotopic (exact) mass is 384 g/mol. The van der Waals surface area contributed by atoms with Crippen LogP contribution in [0.5, 0.6) is 5.88 Å². The number of carbonyl (C=O) groups excluding carboxylic acids is 1. The molecule has 1 aromatic heterocycles. The highest BCUT2D eigenvalue weighted by molar-refractivity contribution is 5.90. The second-order valence-corrected chi connectivity index (χ2v) is 7.51. The summed E-state index contributed by atoms with van der Waals surface area (Å²) in [4.78, 5) is 20.4. The van der Waals surface area contributed by atoms with E-state index in [-0.39, 0.29) is 12.1 Å². The van der Waals surface area contributed by atoms with Gasteiger partial charge in [-0.15, -0.1) is 0 Å². The average Bonchev–Trinajstić information content (AvgIpc) is 2.70. The average molecular weight is 384 g/mol. The fourth-order valence-electron chi connectivity index (χ4n) is 3.07. The molecule has 0 radical (unpaired) electrons. The molecule has 2 aromatic rings. The fraction of sp³-hybridized carbons (Fsp3) is 0.476. The van der Waals surface area contributed by atoms with Crippen LogP contribution in [0.3, 0.4) is 0 Å². The predicted molar refractivity (Wildman–Crippen MR) is 109 cm³/mol. The summed E-state index contributed by atoms with van der Waals surface area (Å²) in [6, 6.07) is 6.99. The van der Waals surface area contributed by atoms with E-state index in [0.29, 0.717) is 35.5 Å². The highest BCUT2D eigenvalue weighted by Gasteiger charge is 2.18. The van der Waals surface area contributed by atoms with E-state index in [1.165, 1.54) is 25.6 Å². The Kier molecular flexibility index (Phi) is 6.68. The quantitative estimate of drug-likeness (QED) is 0.686. The van der Waals surface area contributed by atoms with Gasteiger partial charge in [0.15, 0.2) is 5.82 Å². The van der Waals surface area contributed by atoms with Crippen LogP contribution < -0.4 is 15.8 Å². The largest absolute Gasteiger partial charge is 0.473 e. The number of nitrogens with zero attached hydrogens (tertiary/aromatic N) is 2. The van der Waals surface area contributed by atoms with Crippen LogP contribution in [0.4, 0.5) is 17.2 Å². The molecule has 28 heavy (non-hydrogen) atoms. The van der Waals surface area contributed by atoms with Gasteiger partial charge in [0.1, 0.15) is 18.1 Å². The van der Waals surface area contributed by atoms with E-state index in [1.54, 1.807) is 24.3 Å². The van der Waals surface area contributed by atoms with Gasteiger partial charge in [0.05, 0.1) is 12.2 Å². The molecule has 0 saturated heterocycles. The van der Waals surface area contributed by atoms with Gasteiger partial charge in [-0.3, -0.25) is 0 Å². The first kappa shape index (κ1) is 19.9. The van der Waals surface area contributed by atoms with Crippen LogP contribution in [-0.2, 0) is 4.74 Å². The SMILES string of the molecule is CC(C)COC(=O)c1ccc(Nc2ncnc(OC3CCCCC3)c2N)cc1. The molecule has 0 unspecified atom stereocenters. The first-order chi connectivity index (χ1) is 13.5. The van der Waals surface area contributed by atoms with E-state index in [2.05, 4.69) is 15.3 Å². The van der Waals surface area contributed by atoms with Gasteiger partial charge >= 0.3 is 5.97 Å². The number of rotatable bonds is 7. The number of ether oxygens (including phenoxy) is 2. The molecular weight excluding hydrogens is 356 g/mol. The van der Waals surface area contributed by atoms with Crippen LogP contribution in [0.25, 0.3) is 0 Å². The van der Waals surface area contributed by atoms with Gasteiger partial charge in [0.2, 0.25) is 5.88 Å². The van der Waals surface area contributed by atoms with Crippen LogP contribution >= 0.6 is 0 Å². The minimum Gasteiger partial charge on any atom is -0.473 e. The van der Waals surface area contributed by atoms with Crippen molar-refractivity contribution >= 4 is 23.2 Å². The normalized spacial score (nSPS) is 14.7. The summed E-state index contributed by atoms with van der Waals surface area (Å²) in [6.07, 6.45) is 7.26. The third-order valence-electron chi connectivity index (χ3n) is 4.61. The maximum Gasteiger partial charge on any atom is 0.338 e. The number of benzene rings is 1. The van der Waals surface area contributed by atoms with Crippen molar-refractivity contribution in [3.8, 4) is 5.88 Å². The maximum absolute atomic E-state index is 12.0. The molecule has 0 bridgehead atoms. The molecule has 7 heteroatoms. The molecule has 3 rings (SSSR count). The molecule has 1 aliphatic rings. The topological polar surface area (TPSA) is 99.4 Å². The molecule has 1 aliphatic carbocycles. The summed E-state index contributed by atoms with van der Waals surface area (Å²) in [5, 5.41) is 3.16. The van der Waals surface area contributed by atoms with Crippen molar-refractivity contribution in [3.63, 3.8) is 0 Å². The second kappa shape index (κ2) is 9.39. The lowest BCUT2D eigenvalue weighted by molar-refractivity contribution is 0.0459. The number of aromatic nitrogens is 2. The Hall–Kier alpha value is -2.83. The Morgan fingerprint density at radius 2 is 1.89 bits per heavy atom. The first-order valence-corrected chi connectivity index (χ1v) is 9.84. The van der Waals surface area contributed by atoms with Crippen LogP contribution in [-0.4, -0.2) is 28.6 Å². The molecule has 0 atom stereocenters. The van der Waals surface area contributed by atoms with E-state index in [1.807, 2.05) is 13.8 Å². The van der Waals surface area contributed by atoms with Crippen molar-refractivity contribution in [3.05, 3.63) is 36.2 Å². The van der Waals surface area contributed by atoms with Gasteiger partial charge in [-0.2, -0.15) is 4.98 Å². The zero-order chi connectivity index (χ0) is 19.9. The first-order valence-electron chi connectivity index (χ1n) is 9.84.